The van der Waals surface area contributed by atoms with E-state index in [1.807, 2.05) is 13.8 Å². The lowest BCUT2D eigenvalue weighted by Crippen LogP contribution is -2.47. The quantitative estimate of drug-likeness (QED) is 0.742. The minimum absolute atomic E-state index is 0.0942. The lowest BCUT2D eigenvalue weighted by atomic mass is 9.89. The van der Waals surface area contributed by atoms with Crippen molar-refractivity contribution in [1.82, 2.24) is 5.32 Å². The second-order valence-corrected chi connectivity index (χ2v) is 6.10. The van der Waals surface area contributed by atoms with E-state index in [9.17, 15) is 4.79 Å². The molecule has 1 saturated carbocycles. The molecule has 1 fully saturated rings. The fourth-order valence-corrected chi connectivity index (χ4v) is 2.42. The molecule has 0 aliphatic heterocycles. The third kappa shape index (κ3) is 4.30. The van der Waals surface area contributed by atoms with E-state index in [4.69, 9.17) is 5.73 Å². The smallest absolute Gasteiger partial charge is 0.227 e. The monoisotopic (exact) mass is 240 g/mol. The van der Waals surface area contributed by atoms with E-state index in [-0.39, 0.29) is 11.9 Å². The van der Waals surface area contributed by atoms with Gasteiger partial charge in [-0.25, -0.2) is 0 Å². The molecule has 1 amide bonds. The first-order chi connectivity index (χ1) is 7.97. The van der Waals surface area contributed by atoms with Gasteiger partial charge >= 0.3 is 0 Å². The van der Waals surface area contributed by atoms with Gasteiger partial charge in [-0.3, -0.25) is 4.79 Å². The van der Waals surface area contributed by atoms with Gasteiger partial charge in [-0.2, -0.15) is 0 Å². The first kappa shape index (κ1) is 14.5. The van der Waals surface area contributed by atoms with Crippen molar-refractivity contribution >= 4 is 5.91 Å². The summed E-state index contributed by atoms with van der Waals surface area (Å²) in [6.45, 7) is 6.35. The molecule has 3 N–H and O–H groups in total. The van der Waals surface area contributed by atoms with Crippen LogP contribution in [0.15, 0.2) is 0 Å². The van der Waals surface area contributed by atoms with E-state index in [0.29, 0.717) is 12.5 Å². The summed E-state index contributed by atoms with van der Waals surface area (Å²) in [7, 11) is 0. The van der Waals surface area contributed by atoms with Crippen molar-refractivity contribution in [2.45, 2.75) is 65.3 Å². The van der Waals surface area contributed by atoms with Gasteiger partial charge in [-0.1, -0.05) is 25.7 Å². The Kier molecular flexibility index (Phi) is 5.44. The highest BCUT2D eigenvalue weighted by atomic mass is 16.2. The molecule has 0 spiro atoms. The summed E-state index contributed by atoms with van der Waals surface area (Å²) in [5.74, 6) is 0.742. The number of nitrogens with one attached hydrogen (secondary N) is 1. The molecule has 1 rings (SSSR count). The van der Waals surface area contributed by atoms with E-state index in [2.05, 4.69) is 12.2 Å². The van der Waals surface area contributed by atoms with Crippen LogP contribution in [-0.2, 0) is 4.79 Å². The minimum atomic E-state index is -0.445. The Labute approximate surface area is 106 Å². The van der Waals surface area contributed by atoms with E-state index in [0.717, 1.165) is 0 Å². The number of hydrogen-bond donors (Lipinski definition) is 2. The van der Waals surface area contributed by atoms with Gasteiger partial charge in [0.1, 0.15) is 0 Å². The first-order valence-corrected chi connectivity index (χ1v) is 6.98. The van der Waals surface area contributed by atoms with Crippen molar-refractivity contribution in [3.63, 3.8) is 0 Å². The van der Waals surface area contributed by atoms with Crippen molar-refractivity contribution < 1.29 is 4.79 Å². The predicted octanol–water partition coefficient (Wildman–Crippen LogP) is 2.45. The zero-order valence-corrected chi connectivity index (χ0v) is 11.6. The second kappa shape index (κ2) is 6.39. The third-order valence-corrected chi connectivity index (χ3v) is 4.09. The zero-order chi connectivity index (χ0) is 12.9. The molecule has 0 aromatic rings. The molecular weight excluding hydrogens is 212 g/mol. The molecular formula is C14H28N2O. The molecule has 0 bridgehead atoms. The van der Waals surface area contributed by atoms with Crippen LogP contribution in [0.3, 0.4) is 0 Å². The normalized spacial score (nSPS) is 20.7. The van der Waals surface area contributed by atoms with E-state index >= 15 is 0 Å². The summed E-state index contributed by atoms with van der Waals surface area (Å²) >= 11 is 0. The highest BCUT2D eigenvalue weighted by Gasteiger charge is 2.29. The molecule has 0 aromatic heterocycles. The van der Waals surface area contributed by atoms with Crippen molar-refractivity contribution in [2.75, 3.05) is 6.54 Å². The summed E-state index contributed by atoms with van der Waals surface area (Å²) in [5, 5.41) is 3.15. The maximum Gasteiger partial charge on any atom is 0.227 e. The van der Waals surface area contributed by atoms with Crippen LogP contribution in [0.2, 0.25) is 0 Å². The summed E-state index contributed by atoms with van der Waals surface area (Å²) in [5.41, 5.74) is 5.18. The van der Waals surface area contributed by atoms with Crippen LogP contribution in [-0.4, -0.2) is 18.5 Å². The SMILES string of the molecule is C[C@@H](NC(=O)C(C)(C)CN)C1CCCCCC1. The van der Waals surface area contributed by atoms with Gasteiger partial charge in [-0.15, -0.1) is 0 Å². The molecule has 1 aliphatic carbocycles. The fraction of sp³-hybridized carbons (Fsp3) is 0.929. The maximum absolute atomic E-state index is 12.0. The number of carbonyl (C=O) groups excluding carboxylic acids is 1. The minimum Gasteiger partial charge on any atom is -0.353 e. The number of nitrogens with two attached hydrogens (primary N) is 1. The maximum atomic E-state index is 12.0. The van der Waals surface area contributed by atoms with E-state index in [1.54, 1.807) is 0 Å². The highest BCUT2D eigenvalue weighted by Crippen LogP contribution is 2.26. The van der Waals surface area contributed by atoms with Gasteiger partial charge in [0.05, 0.1) is 5.41 Å². The van der Waals surface area contributed by atoms with E-state index in [1.165, 1.54) is 38.5 Å². The van der Waals surface area contributed by atoms with Crippen LogP contribution in [0.1, 0.15) is 59.3 Å². The molecule has 0 heterocycles. The van der Waals surface area contributed by atoms with Gasteiger partial charge in [0.25, 0.3) is 0 Å². The Bertz CT molecular complexity index is 243. The molecule has 17 heavy (non-hydrogen) atoms. The van der Waals surface area contributed by atoms with Crippen LogP contribution < -0.4 is 11.1 Å². The standard InChI is InChI=1S/C14H28N2O/c1-11(12-8-6-4-5-7-9-12)16-13(17)14(2,3)10-15/h11-12H,4-10,15H2,1-3H3,(H,16,17)/t11-/m1/s1. The lowest BCUT2D eigenvalue weighted by Gasteiger charge is -2.28. The fourth-order valence-electron chi connectivity index (χ4n) is 2.42. The van der Waals surface area contributed by atoms with Crippen molar-refractivity contribution in [3.8, 4) is 0 Å². The molecule has 100 valence electrons. The summed E-state index contributed by atoms with van der Waals surface area (Å²) in [4.78, 5) is 12.0. The Balaban J connectivity index is 2.47. The molecule has 0 aromatic carbocycles. The van der Waals surface area contributed by atoms with Crippen LogP contribution in [0.25, 0.3) is 0 Å². The van der Waals surface area contributed by atoms with Crippen LogP contribution in [0, 0.1) is 11.3 Å². The van der Waals surface area contributed by atoms with Crippen molar-refractivity contribution in [1.29, 1.82) is 0 Å². The summed E-state index contributed by atoms with van der Waals surface area (Å²) in [6, 6.07) is 0.284. The molecule has 3 nitrogen and oxygen atoms in total. The highest BCUT2D eigenvalue weighted by molar-refractivity contribution is 5.82. The van der Waals surface area contributed by atoms with Crippen molar-refractivity contribution in [2.24, 2.45) is 17.1 Å². The van der Waals surface area contributed by atoms with Gasteiger partial charge in [-0.05, 0) is 39.5 Å². The molecule has 1 atom stereocenters. The Morgan fingerprint density at radius 2 is 1.82 bits per heavy atom. The number of rotatable bonds is 4. The molecule has 1 aliphatic rings. The van der Waals surface area contributed by atoms with E-state index < -0.39 is 5.41 Å². The largest absolute Gasteiger partial charge is 0.353 e. The van der Waals surface area contributed by atoms with Gasteiger partial charge < -0.3 is 11.1 Å². The van der Waals surface area contributed by atoms with Crippen molar-refractivity contribution in [3.05, 3.63) is 0 Å². The van der Waals surface area contributed by atoms with Crippen LogP contribution in [0.4, 0.5) is 0 Å². The number of hydrogen-bond acceptors (Lipinski definition) is 2. The number of amides is 1. The average molecular weight is 240 g/mol. The molecule has 0 unspecified atom stereocenters. The van der Waals surface area contributed by atoms with Crippen LogP contribution in [0.5, 0.6) is 0 Å². The first-order valence-electron chi connectivity index (χ1n) is 6.98. The Hall–Kier alpha value is -0.570. The Morgan fingerprint density at radius 3 is 2.29 bits per heavy atom. The van der Waals surface area contributed by atoms with Crippen LogP contribution >= 0.6 is 0 Å². The van der Waals surface area contributed by atoms with Gasteiger partial charge in [0, 0.05) is 12.6 Å². The van der Waals surface area contributed by atoms with Gasteiger partial charge in [0.15, 0.2) is 0 Å². The second-order valence-electron chi connectivity index (χ2n) is 6.10. The molecule has 0 saturated heterocycles. The number of carbonyl (C=O) groups is 1. The topological polar surface area (TPSA) is 55.1 Å². The molecule has 3 heteroatoms. The molecule has 0 radical (unpaired) electrons. The Morgan fingerprint density at radius 1 is 1.29 bits per heavy atom. The summed E-state index contributed by atoms with van der Waals surface area (Å²) in [6.07, 6.45) is 7.84. The van der Waals surface area contributed by atoms with Gasteiger partial charge in [0.2, 0.25) is 5.91 Å². The lowest BCUT2D eigenvalue weighted by molar-refractivity contribution is -0.129. The average Bonchev–Trinajstić information content (AvgIpc) is 2.57. The summed E-state index contributed by atoms with van der Waals surface area (Å²) < 4.78 is 0. The predicted molar refractivity (Wildman–Crippen MR) is 71.6 cm³/mol. The zero-order valence-electron chi connectivity index (χ0n) is 11.6. The third-order valence-electron chi connectivity index (χ3n) is 4.09.